The molecule has 1 N–H and O–H groups in total. The topological polar surface area (TPSA) is 15.3 Å². The first-order valence-corrected chi connectivity index (χ1v) is 7.66. The lowest BCUT2D eigenvalue weighted by molar-refractivity contribution is 0.0863. The van der Waals surface area contributed by atoms with E-state index in [9.17, 15) is 4.39 Å². The van der Waals surface area contributed by atoms with Gasteiger partial charge < -0.3 is 5.32 Å². The zero-order valence-corrected chi connectivity index (χ0v) is 13.4. The third kappa shape index (κ3) is 3.36. The summed E-state index contributed by atoms with van der Waals surface area (Å²) < 4.78 is 14.2. The van der Waals surface area contributed by atoms with Crippen molar-refractivity contribution in [2.24, 2.45) is 0 Å². The van der Waals surface area contributed by atoms with Gasteiger partial charge in [-0.15, -0.1) is 0 Å². The van der Waals surface area contributed by atoms with Crippen molar-refractivity contribution < 1.29 is 4.39 Å². The van der Waals surface area contributed by atoms with Crippen molar-refractivity contribution in [2.75, 3.05) is 13.1 Å². The van der Waals surface area contributed by atoms with Crippen LogP contribution >= 0.6 is 15.9 Å². The summed E-state index contributed by atoms with van der Waals surface area (Å²) in [6, 6.07) is 5.73. The van der Waals surface area contributed by atoms with Crippen LogP contribution in [0.15, 0.2) is 22.7 Å². The number of hydrogen-bond donors (Lipinski definition) is 1. The average Bonchev–Trinajstić information content (AvgIpc) is 2.39. The van der Waals surface area contributed by atoms with Gasteiger partial charge in [0.15, 0.2) is 0 Å². The largest absolute Gasteiger partial charge is 0.309 e. The Balaban J connectivity index is 2.14. The monoisotopic (exact) mass is 328 g/mol. The lowest BCUT2D eigenvalue weighted by Gasteiger charge is -2.45. The molecular formula is C15H22BrFN2. The Morgan fingerprint density at radius 3 is 2.95 bits per heavy atom. The van der Waals surface area contributed by atoms with Gasteiger partial charge in [-0.25, -0.2) is 4.39 Å². The number of rotatable bonds is 3. The van der Waals surface area contributed by atoms with Crippen LogP contribution in [0.5, 0.6) is 0 Å². The van der Waals surface area contributed by atoms with Crippen LogP contribution in [-0.4, -0.2) is 29.6 Å². The van der Waals surface area contributed by atoms with E-state index >= 15 is 0 Å². The predicted molar refractivity (Wildman–Crippen MR) is 80.7 cm³/mol. The highest BCUT2D eigenvalue weighted by molar-refractivity contribution is 9.10. The fourth-order valence-corrected chi connectivity index (χ4v) is 2.91. The van der Waals surface area contributed by atoms with Crippen LogP contribution in [0.4, 0.5) is 4.39 Å². The van der Waals surface area contributed by atoms with Gasteiger partial charge in [0.05, 0.1) is 4.47 Å². The maximum absolute atomic E-state index is 13.6. The van der Waals surface area contributed by atoms with Gasteiger partial charge in [-0.1, -0.05) is 19.1 Å². The zero-order valence-electron chi connectivity index (χ0n) is 11.8. The summed E-state index contributed by atoms with van der Waals surface area (Å²) >= 11 is 3.36. The molecule has 1 heterocycles. The molecule has 0 aromatic heterocycles. The molecule has 1 aliphatic rings. The van der Waals surface area contributed by atoms with Crippen LogP contribution in [0.2, 0.25) is 0 Å². The number of nitrogens with zero attached hydrogens (tertiary/aromatic N) is 1. The number of piperazine rings is 1. The molecule has 1 aromatic carbocycles. The first-order chi connectivity index (χ1) is 8.95. The van der Waals surface area contributed by atoms with Crippen LogP contribution in [0, 0.1) is 5.82 Å². The summed E-state index contributed by atoms with van der Waals surface area (Å²) in [5.74, 6) is -0.182. The van der Waals surface area contributed by atoms with Gasteiger partial charge in [-0.3, -0.25) is 4.90 Å². The van der Waals surface area contributed by atoms with Gasteiger partial charge in [0.1, 0.15) is 5.82 Å². The lowest BCUT2D eigenvalue weighted by atomic mass is 9.93. The smallest absolute Gasteiger partial charge is 0.137 e. The first kappa shape index (κ1) is 14.9. The molecule has 0 spiro atoms. The van der Waals surface area contributed by atoms with Gasteiger partial charge in [0, 0.05) is 31.2 Å². The SMILES string of the molecule is CCC1(C)CN(Cc2cccc(F)c2Br)C(C)CN1. The summed E-state index contributed by atoms with van der Waals surface area (Å²) in [6.07, 6.45) is 1.10. The molecule has 4 heteroatoms. The van der Waals surface area contributed by atoms with E-state index < -0.39 is 0 Å². The molecule has 19 heavy (non-hydrogen) atoms. The molecule has 0 aliphatic carbocycles. The van der Waals surface area contributed by atoms with E-state index in [1.165, 1.54) is 6.07 Å². The molecule has 0 radical (unpaired) electrons. The minimum absolute atomic E-state index is 0.159. The lowest BCUT2D eigenvalue weighted by Crippen LogP contribution is -2.61. The first-order valence-electron chi connectivity index (χ1n) is 6.87. The van der Waals surface area contributed by atoms with Gasteiger partial charge in [-0.05, 0) is 47.8 Å². The summed E-state index contributed by atoms with van der Waals surface area (Å²) in [4.78, 5) is 2.43. The third-order valence-corrected chi connectivity index (χ3v) is 5.07. The highest BCUT2D eigenvalue weighted by Gasteiger charge is 2.32. The highest BCUT2D eigenvalue weighted by atomic mass is 79.9. The normalized spacial score (nSPS) is 28.6. The molecule has 1 aliphatic heterocycles. The fourth-order valence-electron chi connectivity index (χ4n) is 2.52. The molecule has 0 bridgehead atoms. The molecule has 0 amide bonds. The van der Waals surface area contributed by atoms with Crippen molar-refractivity contribution in [3.63, 3.8) is 0 Å². The minimum Gasteiger partial charge on any atom is -0.309 e. The van der Waals surface area contributed by atoms with Crippen LogP contribution in [0.25, 0.3) is 0 Å². The number of hydrogen-bond acceptors (Lipinski definition) is 2. The minimum atomic E-state index is -0.182. The molecule has 106 valence electrons. The number of benzene rings is 1. The number of halogens is 2. The van der Waals surface area contributed by atoms with Crippen molar-refractivity contribution >= 4 is 15.9 Å². The Bertz CT molecular complexity index is 452. The Hall–Kier alpha value is -0.450. The number of nitrogens with one attached hydrogen (secondary N) is 1. The molecule has 2 rings (SSSR count). The molecule has 2 atom stereocenters. The van der Waals surface area contributed by atoms with Crippen LogP contribution in [0.3, 0.4) is 0 Å². The van der Waals surface area contributed by atoms with Crippen molar-refractivity contribution in [2.45, 2.75) is 45.3 Å². The van der Waals surface area contributed by atoms with Gasteiger partial charge in [0.2, 0.25) is 0 Å². The molecule has 1 fully saturated rings. The van der Waals surface area contributed by atoms with E-state index in [-0.39, 0.29) is 11.4 Å². The van der Waals surface area contributed by atoms with Crippen molar-refractivity contribution in [3.05, 3.63) is 34.1 Å². The van der Waals surface area contributed by atoms with E-state index in [0.29, 0.717) is 10.5 Å². The summed E-state index contributed by atoms with van der Waals surface area (Å²) in [5.41, 5.74) is 1.18. The Kier molecular flexibility index (Phi) is 4.64. The fraction of sp³-hybridized carbons (Fsp3) is 0.600. The van der Waals surface area contributed by atoms with Crippen molar-refractivity contribution in [1.29, 1.82) is 0 Å². The van der Waals surface area contributed by atoms with Crippen LogP contribution in [0.1, 0.15) is 32.8 Å². The Labute approximate surface area is 123 Å². The molecule has 1 aromatic rings. The second kappa shape index (κ2) is 5.90. The van der Waals surface area contributed by atoms with Crippen LogP contribution in [-0.2, 0) is 6.54 Å². The third-order valence-electron chi connectivity index (χ3n) is 4.18. The van der Waals surface area contributed by atoms with E-state index in [1.807, 2.05) is 6.07 Å². The van der Waals surface area contributed by atoms with Gasteiger partial charge in [-0.2, -0.15) is 0 Å². The maximum Gasteiger partial charge on any atom is 0.137 e. The molecular weight excluding hydrogens is 307 g/mol. The zero-order chi connectivity index (χ0) is 14.0. The van der Waals surface area contributed by atoms with Crippen LogP contribution < -0.4 is 5.32 Å². The van der Waals surface area contributed by atoms with E-state index in [2.05, 4.69) is 46.9 Å². The van der Waals surface area contributed by atoms with E-state index in [4.69, 9.17) is 0 Å². The Morgan fingerprint density at radius 2 is 2.26 bits per heavy atom. The van der Waals surface area contributed by atoms with E-state index in [0.717, 1.165) is 31.6 Å². The molecule has 2 nitrogen and oxygen atoms in total. The molecule has 0 saturated carbocycles. The summed E-state index contributed by atoms with van der Waals surface area (Å²) in [6.45, 7) is 9.45. The highest BCUT2D eigenvalue weighted by Crippen LogP contribution is 2.25. The van der Waals surface area contributed by atoms with E-state index in [1.54, 1.807) is 6.07 Å². The van der Waals surface area contributed by atoms with Crippen molar-refractivity contribution in [3.8, 4) is 0 Å². The van der Waals surface area contributed by atoms with Gasteiger partial charge >= 0.3 is 0 Å². The van der Waals surface area contributed by atoms with Gasteiger partial charge in [0.25, 0.3) is 0 Å². The summed E-state index contributed by atoms with van der Waals surface area (Å²) in [5, 5.41) is 3.61. The second-order valence-electron chi connectivity index (χ2n) is 5.76. The van der Waals surface area contributed by atoms with Crippen molar-refractivity contribution in [1.82, 2.24) is 10.2 Å². The Morgan fingerprint density at radius 1 is 1.53 bits per heavy atom. The quantitative estimate of drug-likeness (QED) is 0.912. The summed E-state index contributed by atoms with van der Waals surface area (Å²) in [7, 11) is 0. The standard InChI is InChI=1S/C15H22BrFN2/c1-4-15(3)10-19(11(2)8-18-15)9-12-6-5-7-13(17)14(12)16/h5-7,11,18H,4,8-10H2,1-3H3. The molecule has 1 saturated heterocycles. The molecule has 2 unspecified atom stereocenters. The average molecular weight is 329 g/mol. The predicted octanol–water partition coefficient (Wildman–Crippen LogP) is 3.55. The maximum atomic E-state index is 13.6. The second-order valence-corrected chi connectivity index (χ2v) is 6.56.